The van der Waals surface area contributed by atoms with Crippen LogP contribution in [0.3, 0.4) is 0 Å². The summed E-state index contributed by atoms with van der Waals surface area (Å²) in [6, 6.07) is 15.6. The molecule has 3 N–H and O–H groups in total. The first-order valence-electron chi connectivity index (χ1n) is 18.0. The molecule has 3 aromatic rings. The number of nitrogens with one attached hydrogen (secondary N) is 2. The lowest BCUT2D eigenvalue weighted by molar-refractivity contribution is -0.142. The van der Waals surface area contributed by atoms with Gasteiger partial charge in [0.15, 0.2) is 6.61 Å². The predicted octanol–water partition coefficient (Wildman–Crippen LogP) is 5.55. The Morgan fingerprint density at radius 2 is 1.54 bits per heavy atom. The molecular formula is C39H47BrN4O8. The van der Waals surface area contributed by atoms with Gasteiger partial charge in [0.05, 0.1) is 4.47 Å². The lowest BCUT2D eigenvalue weighted by Gasteiger charge is -2.35. The van der Waals surface area contributed by atoms with Crippen LogP contribution in [0.4, 0.5) is 4.79 Å². The highest BCUT2D eigenvalue weighted by Crippen LogP contribution is 2.33. The second-order valence-electron chi connectivity index (χ2n) is 13.9. The quantitative estimate of drug-likeness (QED) is 0.204. The minimum Gasteiger partial charge on any atom is -0.483 e. The molecular weight excluding hydrogens is 732 g/mol. The van der Waals surface area contributed by atoms with E-state index >= 15 is 0 Å². The van der Waals surface area contributed by atoms with Crippen LogP contribution >= 0.6 is 15.9 Å². The largest absolute Gasteiger partial charge is 0.483 e. The molecule has 2 aliphatic rings. The summed E-state index contributed by atoms with van der Waals surface area (Å²) in [5.74, 6) is -1.45. The second kappa shape index (κ2) is 18.2. The number of amides is 4. The summed E-state index contributed by atoms with van der Waals surface area (Å²) in [6.45, 7) is 5.97. The van der Waals surface area contributed by atoms with Crippen LogP contribution in [0.1, 0.15) is 57.9 Å². The van der Waals surface area contributed by atoms with Gasteiger partial charge in [0.2, 0.25) is 11.8 Å². The van der Waals surface area contributed by atoms with E-state index in [9.17, 15) is 29.1 Å². The Kier molecular flexibility index (Phi) is 13.5. The number of carbonyl (C=O) groups is 5. The number of rotatable bonds is 13. The molecule has 0 aliphatic carbocycles. The van der Waals surface area contributed by atoms with Gasteiger partial charge in [-0.2, -0.15) is 0 Å². The normalized spacial score (nSPS) is 16.2. The summed E-state index contributed by atoms with van der Waals surface area (Å²) < 4.78 is 12.0. The molecule has 2 atom stereocenters. The van der Waals surface area contributed by atoms with Crippen molar-refractivity contribution in [1.29, 1.82) is 0 Å². The van der Waals surface area contributed by atoms with E-state index < -0.39 is 36.0 Å². The van der Waals surface area contributed by atoms with Gasteiger partial charge in [-0.3, -0.25) is 14.4 Å². The van der Waals surface area contributed by atoms with Gasteiger partial charge in [-0.15, -0.1) is 0 Å². The number of fused-ring (bicyclic) bond motifs is 1. The molecule has 0 radical (unpaired) electrons. The zero-order valence-corrected chi connectivity index (χ0v) is 31.2. The number of likely N-dealkylation sites (tertiary alicyclic amines) is 2. The van der Waals surface area contributed by atoms with Gasteiger partial charge in [0, 0.05) is 38.5 Å². The minimum atomic E-state index is -1.27. The average Bonchev–Trinajstić information content (AvgIpc) is 3.14. The number of carboxylic acid groups (broad SMARTS) is 1. The average molecular weight is 780 g/mol. The maximum Gasteiger partial charge on any atom is 0.415 e. The van der Waals surface area contributed by atoms with Crippen molar-refractivity contribution in [2.45, 2.75) is 70.9 Å². The summed E-state index contributed by atoms with van der Waals surface area (Å²) in [5, 5.41) is 17.2. The number of benzene rings is 3. The molecule has 12 nitrogen and oxygen atoms in total. The number of piperidine rings is 2. The molecule has 13 heteroatoms. The Balaban J connectivity index is 1.11. The fraction of sp³-hybridized carbons (Fsp3) is 0.462. The van der Waals surface area contributed by atoms with Gasteiger partial charge >= 0.3 is 12.1 Å². The molecule has 0 aromatic heterocycles. The maximum atomic E-state index is 13.3. The molecule has 3 aromatic carbocycles. The van der Waals surface area contributed by atoms with Crippen LogP contribution in [-0.2, 0) is 25.6 Å². The first-order chi connectivity index (χ1) is 25.0. The molecule has 4 amide bonds. The number of carbonyl (C=O) groups excluding carboxylic acids is 4. The number of aliphatic carboxylic acids is 1. The van der Waals surface area contributed by atoms with Crippen molar-refractivity contribution in [2.24, 2.45) is 11.8 Å². The van der Waals surface area contributed by atoms with Crippen molar-refractivity contribution >= 4 is 56.5 Å². The van der Waals surface area contributed by atoms with Crippen molar-refractivity contribution in [3.05, 3.63) is 70.7 Å². The molecule has 0 bridgehead atoms. The van der Waals surface area contributed by atoms with Crippen molar-refractivity contribution in [2.75, 3.05) is 32.8 Å². The highest BCUT2D eigenvalue weighted by Gasteiger charge is 2.32. The third kappa shape index (κ3) is 10.5. The Morgan fingerprint density at radius 1 is 0.846 bits per heavy atom. The van der Waals surface area contributed by atoms with Gasteiger partial charge in [-0.25, -0.2) is 9.59 Å². The van der Waals surface area contributed by atoms with Crippen LogP contribution < -0.4 is 20.1 Å². The highest BCUT2D eigenvalue weighted by molar-refractivity contribution is 9.10. The third-order valence-corrected chi connectivity index (χ3v) is 10.3. The van der Waals surface area contributed by atoms with Gasteiger partial charge in [0.1, 0.15) is 23.6 Å². The smallest absolute Gasteiger partial charge is 0.415 e. The first kappa shape index (κ1) is 38.6. The molecule has 2 aliphatic heterocycles. The Morgan fingerprint density at radius 3 is 2.21 bits per heavy atom. The van der Waals surface area contributed by atoms with Gasteiger partial charge < -0.3 is 35.0 Å². The molecule has 52 heavy (non-hydrogen) atoms. The molecule has 2 fully saturated rings. The minimum absolute atomic E-state index is 0.0264. The molecule has 2 saturated heterocycles. The Bertz CT molecular complexity index is 1740. The van der Waals surface area contributed by atoms with Crippen molar-refractivity contribution in [3.8, 4) is 11.5 Å². The molecule has 0 spiro atoms. The van der Waals surface area contributed by atoms with Gasteiger partial charge in [0.25, 0.3) is 5.91 Å². The number of hydrogen-bond acceptors (Lipinski definition) is 7. The summed E-state index contributed by atoms with van der Waals surface area (Å²) in [6.07, 6.45) is 4.21. The van der Waals surface area contributed by atoms with Crippen LogP contribution in [0.2, 0.25) is 0 Å². The molecule has 0 unspecified atom stereocenters. The number of nitrogens with zero attached hydrogens (tertiary/aromatic N) is 2. The van der Waals surface area contributed by atoms with Crippen LogP contribution in [0.25, 0.3) is 10.8 Å². The summed E-state index contributed by atoms with van der Waals surface area (Å²) in [4.78, 5) is 67.7. The van der Waals surface area contributed by atoms with Crippen molar-refractivity contribution in [1.82, 2.24) is 20.4 Å². The monoisotopic (exact) mass is 778 g/mol. The summed E-state index contributed by atoms with van der Waals surface area (Å²) in [5.41, 5.74) is 0.600. The first-order valence-corrected chi connectivity index (χ1v) is 18.7. The molecule has 5 rings (SSSR count). The SMILES string of the molecule is CC(C)C[C@H](NC(=O)COc1ccc2ccccc2c1Br)C(=O)N[C@@H](Cc1ccc(OC(=O)N2CCC(C(=O)N3CCCCC3)CC2)cc1)C(=O)O. The van der Waals surface area contributed by atoms with E-state index in [-0.39, 0.29) is 37.2 Å². The highest BCUT2D eigenvalue weighted by atomic mass is 79.9. The van der Waals surface area contributed by atoms with Crippen LogP contribution in [-0.4, -0.2) is 89.6 Å². The second-order valence-corrected chi connectivity index (χ2v) is 14.7. The standard InChI is InChI=1S/C39H47BrN4O8/c1-25(2)22-31(41-34(45)24-51-33-15-12-27-8-4-5-9-30(27)35(33)40)36(46)42-32(38(48)49)23-26-10-13-29(14-11-26)52-39(50)44-20-16-28(17-21-44)37(47)43-18-6-3-7-19-43/h4-5,8-15,25,28,31-32H,3,6-7,16-24H2,1-2H3,(H,41,45)(H,42,46)(H,48,49)/t31-,32-/m0/s1. The fourth-order valence-electron chi connectivity index (χ4n) is 6.66. The van der Waals surface area contributed by atoms with E-state index in [0.29, 0.717) is 47.5 Å². The number of ether oxygens (including phenoxy) is 2. The van der Waals surface area contributed by atoms with E-state index in [4.69, 9.17) is 9.47 Å². The lowest BCUT2D eigenvalue weighted by Crippen LogP contribution is -2.53. The maximum absolute atomic E-state index is 13.3. The van der Waals surface area contributed by atoms with E-state index in [0.717, 1.165) is 43.1 Å². The van der Waals surface area contributed by atoms with E-state index in [1.54, 1.807) is 35.2 Å². The zero-order valence-electron chi connectivity index (χ0n) is 29.6. The topological polar surface area (TPSA) is 155 Å². The number of halogens is 1. The fourth-order valence-corrected chi connectivity index (χ4v) is 7.26. The number of hydrogen-bond donors (Lipinski definition) is 3. The lowest BCUT2D eigenvalue weighted by atomic mass is 9.94. The Hall–Kier alpha value is -4.65. The molecule has 0 saturated carbocycles. The Labute approximate surface area is 312 Å². The van der Waals surface area contributed by atoms with E-state index in [1.807, 2.05) is 49.1 Å². The van der Waals surface area contributed by atoms with Gasteiger partial charge in [-0.05, 0) is 94.9 Å². The van der Waals surface area contributed by atoms with Crippen LogP contribution in [0, 0.1) is 11.8 Å². The predicted molar refractivity (Wildman–Crippen MR) is 199 cm³/mol. The van der Waals surface area contributed by atoms with E-state index in [2.05, 4.69) is 26.6 Å². The van der Waals surface area contributed by atoms with Gasteiger partial charge in [-0.1, -0.05) is 56.3 Å². The van der Waals surface area contributed by atoms with Crippen molar-refractivity contribution in [3.63, 3.8) is 0 Å². The van der Waals surface area contributed by atoms with Crippen molar-refractivity contribution < 1.29 is 38.6 Å². The number of carboxylic acids is 1. The summed E-state index contributed by atoms with van der Waals surface area (Å²) >= 11 is 3.54. The third-order valence-electron chi connectivity index (χ3n) is 9.50. The van der Waals surface area contributed by atoms with Crippen LogP contribution in [0.15, 0.2) is 65.1 Å². The van der Waals surface area contributed by atoms with Crippen LogP contribution in [0.5, 0.6) is 11.5 Å². The van der Waals surface area contributed by atoms with E-state index in [1.165, 1.54) is 0 Å². The summed E-state index contributed by atoms with van der Waals surface area (Å²) in [7, 11) is 0. The molecule has 2 heterocycles. The molecule has 278 valence electrons. The zero-order chi connectivity index (χ0) is 37.2.